The molecule has 1 N–H and O–H groups in total. The van der Waals surface area contributed by atoms with E-state index in [1.807, 2.05) is 4.90 Å². The van der Waals surface area contributed by atoms with E-state index in [2.05, 4.69) is 15.3 Å². The molecule has 2 aromatic rings. The molecule has 1 spiro atoms. The second-order valence-electron chi connectivity index (χ2n) is 10.2. The number of alkyl halides is 3. The number of carbonyl (C=O) groups is 1. The van der Waals surface area contributed by atoms with Gasteiger partial charge in [0.05, 0.1) is 30.4 Å². The van der Waals surface area contributed by atoms with Crippen LogP contribution in [0.25, 0.3) is 11.0 Å². The fourth-order valence-electron chi connectivity index (χ4n) is 6.34. The van der Waals surface area contributed by atoms with Crippen LogP contribution >= 0.6 is 0 Å². The molecule has 1 amide bonds. The highest BCUT2D eigenvalue weighted by atomic mass is 19.4. The Morgan fingerprint density at radius 2 is 1.79 bits per heavy atom. The van der Waals surface area contributed by atoms with Crippen molar-refractivity contribution < 1.29 is 22.7 Å². The summed E-state index contributed by atoms with van der Waals surface area (Å²) in [7, 11) is 0. The molecule has 3 unspecified atom stereocenters. The number of hydrogen-bond acceptors (Lipinski definition) is 5. The van der Waals surface area contributed by atoms with Gasteiger partial charge >= 0.3 is 6.18 Å². The lowest BCUT2D eigenvalue weighted by Gasteiger charge is -2.43. The predicted molar refractivity (Wildman–Crippen MR) is 115 cm³/mol. The molecular formula is C24H27F3N4O2. The van der Waals surface area contributed by atoms with E-state index < -0.39 is 11.7 Å². The van der Waals surface area contributed by atoms with Gasteiger partial charge in [-0.05, 0) is 37.8 Å². The molecule has 33 heavy (non-hydrogen) atoms. The lowest BCUT2D eigenvalue weighted by molar-refractivity contribution is -0.136. The molecule has 2 saturated carbocycles. The van der Waals surface area contributed by atoms with Gasteiger partial charge in [0.1, 0.15) is 11.0 Å². The smallest absolute Gasteiger partial charge is 0.381 e. The molecule has 1 aromatic carbocycles. The SMILES string of the molecule is O=C(NC1C2CCCC1COC2)C1CN(c2ccc(C(F)(F)F)c3nccnc23)CC12CC2. The van der Waals surface area contributed by atoms with Crippen LogP contribution in [0.1, 0.15) is 37.7 Å². The molecule has 0 radical (unpaired) electrons. The van der Waals surface area contributed by atoms with Crippen molar-refractivity contribution >= 4 is 22.6 Å². The maximum Gasteiger partial charge on any atom is 0.418 e. The van der Waals surface area contributed by atoms with Crippen molar-refractivity contribution in [3.05, 3.63) is 30.1 Å². The number of nitrogens with one attached hydrogen (secondary N) is 1. The van der Waals surface area contributed by atoms with Crippen molar-refractivity contribution in [3.8, 4) is 0 Å². The molecule has 2 aliphatic carbocycles. The molecule has 3 atom stereocenters. The Labute approximate surface area is 189 Å². The molecular weight excluding hydrogens is 433 g/mol. The number of carbonyl (C=O) groups excluding carboxylic acids is 1. The average Bonchev–Trinajstić information content (AvgIpc) is 3.44. The minimum atomic E-state index is -4.50. The van der Waals surface area contributed by atoms with Gasteiger partial charge in [-0.1, -0.05) is 6.42 Å². The van der Waals surface area contributed by atoms with Crippen molar-refractivity contribution in [2.75, 3.05) is 31.2 Å². The fourth-order valence-corrected chi connectivity index (χ4v) is 6.34. The normalized spacial score (nSPS) is 30.6. The van der Waals surface area contributed by atoms with Gasteiger partial charge in [0.15, 0.2) is 0 Å². The largest absolute Gasteiger partial charge is 0.418 e. The van der Waals surface area contributed by atoms with Gasteiger partial charge in [-0.25, -0.2) is 0 Å². The standard InChI is InChI=1S/C24H27F3N4O2/c25-24(26,27)16-4-5-18(21-20(16)28-8-9-29-21)31-10-17(23(13-31)6-7-23)22(32)30-19-14-2-1-3-15(19)12-33-11-14/h4-5,8-9,14-15,17,19H,1-3,6-7,10-13H2,(H,30,32). The van der Waals surface area contributed by atoms with Gasteiger partial charge in [-0.3, -0.25) is 14.8 Å². The number of benzene rings is 1. The van der Waals surface area contributed by atoms with E-state index in [0.29, 0.717) is 43.8 Å². The van der Waals surface area contributed by atoms with Crippen LogP contribution in [0, 0.1) is 23.2 Å². The fraction of sp³-hybridized carbons (Fsp3) is 0.625. The molecule has 2 aliphatic heterocycles. The monoisotopic (exact) mass is 460 g/mol. The molecule has 1 aromatic heterocycles. The van der Waals surface area contributed by atoms with Gasteiger partial charge in [-0.15, -0.1) is 0 Å². The first-order chi connectivity index (χ1) is 15.9. The zero-order valence-electron chi connectivity index (χ0n) is 18.3. The van der Waals surface area contributed by atoms with Crippen molar-refractivity contribution in [2.24, 2.45) is 23.2 Å². The Morgan fingerprint density at radius 1 is 1.09 bits per heavy atom. The summed E-state index contributed by atoms with van der Waals surface area (Å²) in [6, 6.07) is 2.74. The van der Waals surface area contributed by atoms with E-state index in [1.165, 1.54) is 24.9 Å². The van der Waals surface area contributed by atoms with Gasteiger partial charge in [0.25, 0.3) is 0 Å². The molecule has 2 saturated heterocycles. The van der Waals surface area contributed by atoms with Crippen LogP contribution in [0.5, 0.6) is 0 Å². The van der Waals surface area contributed by atoms with Gasteiger partial charge in [0, 0.05) is 48.8 Å². The van der Waals surface area contributed by atoms with Crippen molar-refractivity contribution in [3.63, 3.8) is 0 Å². The Morgan fingerprint density at radius 3 is 2.45 bits per heavy atom. The summed E-state index contributed by atoms with van der Waals surface area (Å²) in [6.45, 7) is 2.56. The maximum absolute atomic E-state index is 13.5. The first kappa shape index (κ1) is 21.1. The number of aromatic nitrogens is 2. The number of rotatable bonds is 3. The molecule has 4 fully saturated rings. The molecule has 176 valence electrons. The van der Waals surface area contributed by atoms with Crippen LogP contribution in [0.4, 0.5) is 18.9 Å². The predicted octanol–water partition coefficient (Wildman–Crippen LogP) is 3.80. The van der Waals surface area contributed by atoms with Crippen LogP contribution in [0.3, 0.4) is 0 Å². The Bertz CT molecular complexity index is 1070. The van der Waals surface area contributed by atoms with E-state index in [4.69, 9.17) is 4.74 Å². The average molecular weight is 461 g/mol. The number of amides is 1. The highest BCUT2D eigenvalue weighted by Crippen LogP contribution is 2.57. The van der Waals surface area contributed by atoms with Crippen LogP contribution < -0.4 is 10.2 Å². The number of halogens is 3. The third kappa shape index (κ3) is 3.55. The Kier molecular flexibility index (Phi) is 4.83. The summed E-state index contributed by atoms with van der Waals surface area (Å²) < 4.78 is 46.2. The quantitative estimate of drug-likeness (QED) is 0.755. The van der Waals surface area contributed by atoms with Crippen LogP contribution in [0.15, 0.2) is 24.5 Å². The summed E-state index contributed by atoms with van der Waals surface area (Å²) in [6.07, 6.45) is 3.49. The minimum Gasteiger partial charge on any atom is -0.381 e. The lowest BCUT2D eigenvalue weighted by Crippen LogP contribution is -2.55. The van der Waals surface area contributed by atoms with Gasteiger partial charge < -0.3 is 15.0 Å². The minimum absolute atomic E-state index is 0.0844. The van der Waals surface area contributed by atoms with E-state index in [9.17, 15) is 18.0 Å². The van der Waals surface area contributed by atoms with Crippen molar-refractivity contribution in [1.29, 1.82) is 0 Å². The van der Waals surface area contributed by atoms with Crippen molar-refractivity contribution in [1.82, 2.24) is 15.3 Å². The maximum atomic E-state index is 13.5. The summed E-state index contributed by atoms with van der Waals surface area (Å²) in [5.41, 5.74) is -0.161. The Hall–Kier alpha value is -2.42. The van der Waals surface area contributed by atoms with E-state index in [0.717, 1.165) is 31.7 Å². The summed E-state index contributed by atoms with van der Waals surface area (Å²) in [5, 5.41) is 3.37. The molecule has 3 heterocycles. The second kappa shape index (κ2) is 7.55. The van der Waals surface area contributed by atoms with Crippen molar-refractivity contribution in [2.45, 2.75) is 44.3 Å². The van der Waals surface area contributed by atoms with Crippen LogP contribution in [0.2, 0.25) is 0 Å². The number of fused-ring (bicyclic) bond motifs is 3. The molecule has 6 rings (SSSR count). The molecule has 4 aliphatic rings. The zero-order valence-corrected chi connectivity index (χ0v) is 18.3. The van der Waals surface area contributed by atoms with E-state index in [1.54, 1.807) is 0 Å². The number of nitrogens with zero attached hydrogens (tertiary/aromatic N) is 3. The summed E-state index contributed by atoms with van der Waals surface area (Å²) in [4.78, 5) is 23.8. The topological polar surface area (TPSA) is 67.3 Å². The number of ether oxygens (including phenoxy) is 1. The van der Waals surface area contributed by atoms with Crippen LogP contribution in [-0.2, 0) is 15.7 Å². The molecule has 6 nitrogen and oxygen atoms in total. The van der Waals surface area contributed by atoms with Gasteiger partial charge in [0.2, 0.25) is 5.91 Å². The number of hydrogen-bond donors (Lipinski definition) is 1. The lowest BCUT2D eigenvalue weighted by atomic mass is 9.75. The molecule has 9 heteroatoms. The van der Waals surface area contributed by atoms with Crippen LogP contribution in [-0.4, -0.2) is 48.2 Å². The summed E-state index contributed by atoms with van der Waals surface area (Å²) >= 11 is 0. The third-order valence-corrected chi connectivity index (χ3v) is 8.24. The number of anilines is 1. The zero-order chi connectivity index (χ0) is 22.8. The van der Waals surface area contributed by atoms with E-state index >= 15 is 0 Å². The Balaban J connectivity index is 1.27. The highest BCUT2D eigenvalue weighted by molar-refractivity contribution is 5.92. The third-order valence-electron chi connectivity index (χ3n) is 8.24. The first-order valence-electron chi connectivity index (χ1n) is 11.8. The first-order valence-corrected chi connectivity index (χ1v) is 11.8. The van der Waals surface area contributed by atoms with E-state index in [-0.39, 0.29) is 34.3 Å². The second-order valence-corrected chi connectivity index (χ2v) is 10.2. The van der Waals surface area contributed by atoms with Gasteiger partial charge in [-0.2, -0.15) is 13.2 Å². The summed E-state index contributed by atoms with van der Waals surface area (Å²) in [5.74, 6) is 0.669. The molecule has 2 bridgehead atoms. The highest BCUT2D eigenvalue weighted by Gasteiger charge is 2.58.